The van der Waals surface area contributed by atoms with Crippen molar-refractivity contribution in [2.24, 2.45) is 18.4 Å². The Hall–Kier alpha value is -1.30. The Morgan fingerprint density at radius 2 is 2.10 bits per heavy atom. The molecule has 21 heavy (non-hydrogen) atoms. The van der Waals surface area contributed by atoms with E-state index >= 15 is 0 Å². The molecule has 0 aliphatic heterocycles. The molecule has 0 unspecified atom stereocenters. The minimum Gasteiger partial charge on any atom is -0.481 e. The van der Waals surface area contributed by atoms with Gasteiger partial charge in [0.15, 0.2) is 0 Å². The number of rotatable bonds is 4. The highest BCUT2D eigenvalue weighted by Gasteiger charge is 2.41. The molecular formula is C15H21BrN2O3. The molecule has 2 N–H and O–H groups in total. The third kappa shape index (κ3) is 3.48. The summed E-state index contributed by atoms with van der Waals surface area (Å²) in [5, 5.41) is 12.4. The number of halogens is 1. The fourth-order valence-corrected chi connectivity index (χ4v) is 3.39. The summed E-state index contributed by atoms with van der Waals surface area (Å²) in [5.41, 5.74) is -0.295. The molecular weight excluding hydrogens is 336 g/mol. The normalized spacial score (nSPS) is 25.6. The molecule has 1 aliphatic carbocycles. The highest BCUT2D eigenvalue weighted by atomic mass is 79.9. The third-order valence-electron chi connectivity index (χ3n) is 4.48. The van der Waals surface area contributed by atoms with E-state index < -0.39 is 11.4 Å². The first kappa shape index (κ1) is 16.1. The Balaban J connectivity index is 2.04. The number of amides is 1. The first-order valence-electron chi connectivity index (χ1n) is 7.17. The molecule has 0 saturated heterocycles. The molecule has 1 fully saturated rings. The molecule has 1 heterocycles. The molecule has 6 heteroatoms. The van der Waals surface area contributed by atoms with Crippen LogP contribution in [0.4, 0.5) is 0 Å². The van der Waals surface area contributed by atoms with Crippen molar-refractivity contribution in [1.82, 2.24) is 9.88 Å². The molecule has 1 saturated carbocycles. The second kappa shape index (κ2) is 6.22. The largest absolute Gasteiger partial charge is 0.481 e. The van der Waals surface area contributed by atoms with Gasteiger partial charge in [-0.3, -0.25) is 9.59 Å². The lowest BCUT2D eigenvalue weighted by Gasteiger charge is -2.35. The highest BCUT2D eigenvalue weighted by Crippen LogP contribution is 2.38. The molecule has 2 rings (SSSR count). The van der Waals surface area contributed by atoms with E-state index in [4.69, 9.17) is 0 Å². The molecule has 0 bridgehead atoms. The van der Waals surface area contributed by atoms with Gasteiger partial charge in [0.25, 0.3) is 5.91 Å². The molecule has 5 nitrogen and oxygen atoms in total. The molecule has 0 spiro atoms. The SMILES string of the molecule is CC1CCC(CNC(=O)c2cc(Br)cn2C)(C(=O)O)CC1. The van der Waals surface area contributed by atoms with Gasteiger partial charge in [-0.05, 0) is 53.6 Å². The lowest BCUT2D eigenvalue weighted by molar-refractivity contribution is -0.151. The maximum atomic E-state index is 12.2. The zero-order valence-electron chi connectivity index (χ0n) is 12.4. The second-order valence-corrected chi connectivity index (χ2v) is 7.02. The predicted octanol–water partition coefficient (Wildman–Crippen LogP) is 2.80. The van der Waals surface area contributed by atoms with E-state index in [1.54, 1.807) is 23.9 Å². The van der Waals surface area contributed by atoms with Crippen molar-refractivity contribution in [3.63, 3.8) is 0 Å². The van der Waals surface area contributed by atoms with Crippen molar-refractivity contribution < 1.29 is 14.7 Å². The zero-order valence-corrected chi connectivity index (χ0v) is 13.9. The first-order chi connectivity index (χ1) is 9.84. The first-order valence-corrected chi connectivity index (χ1v) is 7.97. The van der Waals surface area contributed by atoms with Crippen LogP contribution in [0.1, 0.15) is 43.1 Å². The quantitative estimate of drug-likeness (QED) is 0.871. The number of hydrogen-bond donors (Lipinski definition) is 2. The molecule has 1 amide bonds. The minimum atomic E-state index is -0.815. The van der Waals surface area contributed by atoms with E-state index in [2.05, 4.69) is 28.2 Å². The number of carbonyl (C=O) groups is 2. The Bertz CT molecular complexity index is 545. The van der Waals surface area contributed by atoms with E-state index in [0.717, 1.165) is 17.3 Å². The summed E-state index contributed by atoms with van der Waals surface area (Å²) in [6.07, 6.45) is 4.85. The highest BCUT2D eigenvalue weighted by molar-refractivity contribution is 9.10. The second-order valence-electron chi connectivity index (χ2n) is 6.11. The smallest absolute Gasteiger partial charge is 0.311 e. The summed E-state index contributed by atoms with van der Waals surface area (Å²) in [6.45, 7) is 2.34. The molecule has 1 aromatic heterocycles. The van der Waals surface area contributed by atoms with Crippen molar-refractivity contribution in [2.45, 2.75) is 32.6 Å². The van der Waals surface area contributed by atoms with Gasteiger partial charge in [0.1, 0.15) is 5.69 Å². The topological polar surface area (TPSA) is 71.3 Å². The monoisotopic (exact) mass is 356 g/mol. The van der Waals surface area contributed by atoms with E-state index in [-0.39, 0.29) is 12.5 Å². The summed E-state index contributed by atoms with van der Waals surface area (Å²) in [5.74, 6) is -0.470. The van der Waals surface area contributed by atoms with Gasteiger partial charge < -0.3 is 15.0 Å². The fraction of sp³-hybridized carbons (Fsp3) is 0.600. The number of carbonyl (C=O) groups excluding carboxylic acids is 1. The number of aryl methyl sites for hydroxylation is 1. The van der Waals surface area contributed by atoms with E-state index in [1.165, 1.54) is 0 Å². The standard InChI is InChI=1S/C15H21BrN2O3/c1-10-3-5-15(6-4-10,14(20)21)9-17-13(19)12-7-11(16)8-18(12)2/h7-8,10H,3-6,9H2,1-2H3,(H,17,19)(H,20,21). The van der Waals surface area contributed by atoms with Gasteiger partial charge in [0, 0.05) is 24.3 Å². The Kier molecular flexibility index (Phi) is 4.76. The Labute approximate surface area is 132 Å². The van der Waals surface area contributed by atoms with Crippen LogP contribution in [0.5, 0.6) is 0 Å². The average molecular weight is 357 g/mol. The van der Waals surface area contributed by atoms with Gasteiger partial charge in [-0.15, -0.1) is 0 Å². The summed E-state index contributed by atoms with van der Waals surface area (Å²) < 4.78 is 2.55. The predicted molar refractivity (Wildman–Crippen MR) is 83.1 cm³/mol. The summed E-state index contributed by atoms with van der Waals surface area (Å²) in [6, 6.07) is 1.73. The van der Waals surface area contributed by atoms with Crippen LogP contribution in [-0.2, 0) is 11.8 Å². The van der Waals surface area contributed by atoms with Crippen molar-refractivity contribution in [3.05, 3.63) is 22.4 Å². The summed E-state index contributed by atoms with van der Waals surface area (Å²) >= 11 is 3.32. The molecule has 0 radical (unpaired) electrons. The molecule has 116 valence electrons. The van der Waals surface area contributed by atoms with Crippen LogP contribution in [0.2, 0.25) is 0 Å². The van der Waals surface area contributed by atoms with Crippen molar-refractivity contribution in [3.8, 4) is 0 Å². The maximum absolute atomic E-state index is 12.2. The number of hydrogen-bond acceptors (Lipinski definition) is 2. The van der Waals surface area contributed by atoms with Crippen LogP contribution in [0.3, 0.4) is 0 Å². The molecule has 0 aromatic carbocycles. The fourth-order valence-electron chi connectivity index (χ4n) is 2.87. The van der Waals surface area contributed by atoms with E-state index in [1.807, 2.05) is 0 Å². The Morgan fingerprint density at radius 1 is 1.48 bits per heavy atom. The van der Waals surface area contributed by atoms with Gasteiger partial charge in [-0.25, -0.2) is 0 Å². The van der Waals surface area contributed by atoms with E-state index in [0.29, 0.717) is 24.5 Å². The number of nitrogens with zero attached hydrogens (tertiary/aromatic N) is 1. The number of aliphatic carboxylic acids is 1. The van der Waals surface area contributed by atoms with Crippen LogP contribution in [0.15, 0.2) is 16.7 Å². The third-order valence-corrected chi connectivity index (χ3v) is 4.91. The van der Waals surface area contributed by atoms with Crippen LogP contribution in [0.25, 0.3) is 0 Å². The minimum absolute atomic E-state index is 0.191. The van der Waals surface area contributed by atoms with Gasteiger partial charge in [-0.2, -0.15) is 0 Å². The Morgan fingerprint density at radius 3 is 2.57 bits per heavy atom. The number of carboxylic acid groups (broad SMARTS) is 1. The maximum Gasteiger partial charge on any atom is 0.311 e. The lowest BCUT2D eigenvalue weighted by Crippen LogP contribution is -2.45. The van der Waals surface area contributed by atoms with Gasteiger partial charge in [0.2, 0.25) is 0 Å². The lowest BCUT2D eigenvalue weighted by atomic mass is 9.71. The zero-order chi connectivity index (χ0) is 15.6. The molecule has 1 aromatic rings. The van der Waals surface area contributed by atoms with Crippen molar-refractivity contribution in [1.29, 1.82) is 0 Å². The van der Waals surface area contributed by atoms with Gasteiger partial charge >= 0.3 is 5.97 Å². The van der Waals surface area contributed by atoms with Crippen molar-refractivity contribution >= 4 is 27.8 Å². The van der Waals surface area contributed by atoms with Crippen LogP contribution in [-0.4, -0.2) is 28.1 Å². The number of aromatic nitrogens is 1. The molecule has 1 aliphatic rings. The van der Waals surface area contributed by atoms with Gasteiger partial charge in [0.05, 0.1) is 5.41 Å². The van der Waals surface area contributed by atoms with Crippen molar-refractivity contribution in [2.75, 3.05) is 6.54 Å². The average Bonchev–Trinajstić information content (AvgIpc) is 2.77. The summed E-state index contributed by atoms with van der Waals surface area (Å²) in [4.78, 5) is 23.8. The molecule has 0 atom stereocenters. The van der Waals surface area contributed by atoms with Crippen LogP contribution >= 0.6 is 15.9 Å². The van der Waals surface area contributed by atoms with Crippen LogP contribution in [0, 0.1) is 11.3 Å². The van der Waals surface area contributed by atoms with Gasteiger partial charge in [-0.1, -0.05) is 6.92 Å². The summed E-state index contributed by atoms with van der Waals surface area (Å²) in [7, 11) is 1.79. The van der Waals surface area contributed by atoms with E-state index in [9.17, 15) is 14.7 Å². The van der Waals surface area contributed by atoms with Crippen LogP contribution < -0.4 is 5.32 Å². The number of nitrogens with one attached hydrogen (secondary N) is 1. The number of carboxylic acids is 1.